The smallest absolute Gasteiger partial charge is 0.416 e. The zero-order valence-electron chi connectivity index (χ0n) is 18.7. The molecule has 3 aromatic rings. The van der Waals surface area contributed by atoms with E-state index in [1.165, 1.54) is 12.1 Å². The number of halogens is 3. The average Bonchev–Trinajstić information content (AvgIpc) is 3.25. The maximum absolute atomic E-state index is 12.7. The van der Waals surface area contributed by atoms with Crippen LogP contribution in [0.3, 0.4) is 0 Å². The van der Waals surface area contributed by atoms with Crippen molar-refractivity contribution in [3.05, 3.63) is 89.8 Å². The standard InChI is InChI=1S/C26H25F3N2O3/c1-17(2)23(25(33)34)30-24(32)20-7-3-5-18(15-20)6-4-13-31-14-12-21(16-31)19-8-10-22(11-9-19)26(27,28)29/h3-12,14-17,23H,13H2,1-2H3,(H,30,32)(H,33,34)/b6-4+/t23-/m0/s1. The lowest BCUT2D eigenvalue weighted by Gasteiger charge is -2.18. The molecule has 0 saturated heterocycles. The van der Waals surface area contributed by atoms with Gasteiger partial charge in [-0.1, -0.05) is 50.3 Å². The molecule has 178 valence electrons. The molecule has 0 spiro atoms. The van der Waals surface area contributed by atoms with Crippen LogP contribution in [0.1, 0.15) is 35.3 Å². The van der Waals surface area contributed by atoms with Crippen molar-refractivity contribution in [1.82, 2.24) is 9.88 Å². The van der Waals surface area contributed by atoms with Gasteiger partial charge in [-0.2, -0.15) is 13.2 Å². The Bertz CT molecular complexity index is 1180. The van der Waals surface area contributed by atoms with E-state index in [1.807, 2.05) is 41.2 Å². The van der Waals surface area contributed by atoms with Crippen LogP contribution in [-0.4, -0.2) is 27.6 Å². The van der Waals surface area contributed by atoms with E-state index in [4.69, 9.17) is 0 Å². The number of nitrogens with one attached hydrogen (secondary N) is 1. The van der Waals surface area contributed by atoms with Crippen LogP contribution in [0.2, 0.25) is 0 Å². The summed E-state index contributed by atoms with van der Waals surface area (Å²) in [6.45, 7) is 3.97. The van der Waals surface area contributed by atoms with Gasteiger partial charge in [-0.25, -0.2) is 4.79 Å². The van der Waals surface area contributed by atoms with Crippen LogP contribution < -0.4 is 5.32 Å². The summed E-state index contributed by atoms with van der Waals surface area (Å²) in [7, 11) is 0. The van der Waals surface area contributed by atoms with Gasteiger partial charge in [0.2, 0.25) is 0 Å². The van der Waals surface area contributed by atoms with Crippen LogP contribution >= 0.6 is 0 Å². The van der Waals surface area contributed by atoms with Gasteiger partial charge >= 0.3 is 12.1 Å². The Kier molecular flexibility index (Phi) is 7.61. The highest BCUT2D eigenvalue weighted by Crippen LogP contribution is 2.31. The molecule has 0 aliphatic heterocycles. The van der Waals surface area contributed by atoms with Crippen molar-refractivity contribution >= 4 is 18.0 Å². The average molecular weight is 470 g/mol. The molecule has 34 heavy (non-hydrogen) atoms. The van der Waals surface area contributed by atoms with Gasteiger partial charge in [0, 0.05) is 24.5 Å². The third kappa shape index (κ3) is 6.37. The van der Waals surface area contributed by atoms with Crippen molar-refractivity contribution < 1.29 is 27.9 Å². The number of hydrogen-bond acceptors (Lipinski definition) is 2. The van der Waals surface area contributed by atoms with Crippen molar-refractivity contribution in [3.8, 4) is 11.1 Å². The third-order valence-corrected chi connectivity index (χ3v) is 5.29. The summed E-state index contributed by atoms with van der Waals surface area (Å²) >= 11 is 0. The number of aliphatic carboxylic acids is 1. The number of aromatic nitrogens is 1. The van der Waals surface area contributed by atoms with E-state index < -0.39 is 29.7 Å². The number of alkyl halides is 3. The van der Waals surface area contributed by atoms with Crippen LogP contribution in [0.15, 0.2) is 73.1 Å². The summed E-state index contributed by atoms with van der Waals surface area (Å²) in [5.74, 6) is -1.79. The van der Waals surface area contributed by atoms with Gasteiger partial charge in [0.25, 0.3) is 5.91 Å². The van der Waals surface area contributed by atoms with Gasteiger partial charge in [-0.05, 0) is 52.9 Å². The number of amides is 1. The first-order valence-electron chi connectivity index (χ1n) is 10.7. The second kappa shape index (κ2) is 10.4. The maximum Gasteiger partial charge on any atom is 0.416 e. The fourth-order valence-electron chi connectivity index (χ4n) is 3.41. The minimum Gasteiger partial charge on any atom is -0.480 e. The zero-order valence-corrected chi connectivity index (χ0v) is 18.7. The predicted molar refractivity (Wildman–Crippen MR) is 124 cm³/mol. The molecule has 0 bridgehead atoms. The summed E-state index contributed by atoms with van der Waals surface area (Å²) in [6, 6.07) is 12.7. The Hall–Kier alpha value is -3.81. The lowest BCUT2D eigenvalue weighted by Crippen LogP contribution is -2.44. The molecule has 0 fully saturated rings. The molecule has 0 saturated carbocycles. The van der Waals surface area contributed by atoms with Crippen molar-refractivity contribution in [1.29, 1.82) is 0 Å². The highest BCUT2D eigenvalue weighted by molar-refractivity contribution is 5.97. The van der Waals surface area contributed by atoms with E-state index in [9.17, 15) is 27.9 Å². The molecule has 8 heteroatoms. The van der Waals surface area contributed by atoms with Crippen molar-refractivity contribution in [2.75, 3.05) is 0 Å². The maximum atomic E-state index is 12.7. The number of carboxylic acid groups (broad SMARTS) is 1. The highest BCUT2D eigenvalue weighted by atomic mass is 19.4. The summed E-state index contributed by atoms with van der Waals surface area (Å²) < 4.78 is 40.1. The number of carbonyl (C=O) groups excluding carboxylic acids is 1. The first kappa shape index (κ1) is 24.8. The largest absolute Gasteiger partial charge is 0.480 e. The Morgan fingerprint density at radius 2 is 1.76 bits per heavy atom. The molecule has 0 aliphatic carbocycles. The lowest BCUT2D eigenvalue weighted by molar-refractivity contribution is -0.140. The van der Waals surface area contributed by atoms with Gasteiger partial charge in [0.1, 0.15) is 6.04 Å². The zero-order chi connectivity index (χ0) is 24.9. The lowest BCUT2D eigenvalue weighted by atomic mass is 10.0. The second-order valence-electron chi connectivity index (χ2n) is 8.23. The van der Waals surface area contributed by atoms with Gasteiger partial charge in [0.15, 0.2) is 0 Å². The number of benzene rings is 2. The summed E-state index contributed by atoms with van der Waals surface area (Å²) in [6.07, 6.45) is 3.04. The second-order valence-corrected chi connectivity index (χ2v) is 8.23. The first-order valence-corrected chi connectivity index (χ1v) is 10.7. The number of allylic oxidation sites excluding steroid dienone is 1. The summed E-state index contributed by atoms with van der Waals surface area (Å²) in [5, 5.41) is 11.8. The Labute approximate surface area is 195 Å². The monoisotopic (exact) mass is 470 g/mol. The number of carboxylic acids is 1. The molecule has 1 heterocycles. The number of nitrogens with zero attached hydrogens (tertiary/aromatic N) is 1. The van der Waals surface area contributed by atoms with Crippen LogP contribution in [0.4, 0.5) is 13.2 Å². The fraction of sp³-hybridized carbons (Fsp3) is 0.231. The van der Waals surface area contributed by atoms with Crippen molar-refractivity contribution in [2.45, 2.75) is 32.6 Å². The molecule has 0 aliphatic rings. The van der Waals surface area contributed by atoms with Gasteiger partial charge in [-0.15, -0.1) is 0 Å². The van der Waals surface area contributed by atoms with Gasteiger partial charge < -0.3 is 15.0 Å². The molecular weight excluding hydrogens is 445 g/mol. The Morgan fingerprint density at radius 1 is 1.06 bits per heavy atom. The van der Waals surface area contributed by atoms with Crippen LogP contribution in [0.5, 0.6) is 0 Å². The SMILES string of the molecule is CC(C)[C@H](NC(=O)c1cccc(/C=C/Cn2ccc(-c3ccc(C(F)(F)F)cc3)c2)c1)C(=O)O. The quantitative estimate of drug-likeness (QED) is 0.442. The molecule has 2 N–H and O–H groups in total. The molecule has 3 rings (SSSR count). The molecule has 2 aromatic carbocycles. The number of hydrogen-bond donors (Lipinski definition) is 2. The Balaban J connectivity index is 1.64. The minimum atomic E-state index is -4.36. The van der Waals surface area contributed by atoms with Crippen molar-refractivity contribution in [3.63, 3.8) is 0 Å². The van der Waals surface area contributed by atoms with Crippen LogP contribution in [-0.2, 0) is 17.5 Å². The first-order chi connectivity index (χ1) is 16.0. The van der Waals surface area contributed by atoms with Gasteiger partial charge in [0.05, 0.1) is 5.56 Å². The van der Waals surface area contributed by atoms with Crippen LogP contribution in [0, 0.1) is 5.92 Å². The predicted octanol–water partition coefficient (Wildman–Crippen LogP) is 5.73. The third-order valence-electron chi connectivity index (χ3n) is 5.29. The molecule has 1 amide bonds. The number of rotatable bonds is 8. The molecule has 0 radical (unpaired) electrons. The van der Waals surface area contributed by atoms with Crippen molar-refractivity contribution in [2.24, 2.45) is 5.92 Å². The molecule has 1 aromatic heterocycles. The van der Waals surface area contributed by atoms with E-state index in [1.54, 1.807) is 32.0 Å². The van der Waals surface area contributed by atoms with E-state index in [0.717, 1.165) is 23.3 Å². The minimum absolute atomic E-state index is 0.251. The molecular formula is C26H25F3N2O3. The van der Waals surface area contributed by atoms with E-state index in [2.05, 4.69) is 5.32 Å². The highest BCUT2D eigenvalue weighted by Gasteiger charge is 2.30. The fourth-order valence-corrected chi connectivity index (χ4v) is 3.41. The summed E-state index contributed by atoms with van der Waals surface area (Å²) in [4.78, 5) is 23.8. The molecule has 1 atom stereocenters. The van der Waals surface area contributed by atoms with E-state index in [0.29, 0.717) is 17.7 Å². The van der Waals surface area contributed by atoms with E-state index >= 15 is 0 Å². The Morgan fingerprint density at radius 3 is 2.38 bits per heavy atom. The van der Waals surface area contributed by atoms with E-state index in [-0.39, 0.29) is 5.92 Å². The normalized spacial score (nSPS) is 12.8. The molecule has 5 nitrogen and oxygen atoms in total. The molecule has 0 unspecified atom stereocenters. The summed E-state index contributed by atoms with van der Waals surface area (Å²) in [5.41, 5.74) is 1.95. The van der Waals surface area contributed by atoms with Gasteiger partial charge in [-0.3, -0.25) is 4.79 Å². The topological polar surface area (TPSA) is 71.3 Å². The van der Waals surface area contributed by atoms with Crippen LogP contribution in [0.25, 0.3) is 17.2 Å². The number of carbonyl (C=O) groups is 2.